The normalized spacial score (nSPS) is 12.9. The van der Waals surface area contributed by atoms with Crippen molar-refractivity contribution in [1.29, 1.82) is 0 Å². The molecule has 0 aliphatic carbocycles. The summed E-state index contributed by atoms with van der Waals surface area (Å²) in [6.07, 6.45) is 11.4. The molecule has 0 radical (unpaired) electrons. The molecule has 0 aromatic carbocycles. The fraction of sp³-hybridized carbons (Fsp3) is 1.00. The molecule has 0 spiro atoms. The van der Waals surface area contributed by atoms with Gasteiger partial charge in [0.1, 0.15) is 0 Å². The van der Waals surface area contributed by atoms with Gasteiger partial charge in [0.25, 0.3) is 0 Å². The molecule has 0 heterocycles. The van der Waals surface area contributed by atoms with Crippen LogP contribution in [0, 0.1) is 0 Å². The summed E-state index contributed by atoms with van der Waals surface area (Å²) in [6, 6.07) is 0. The summed E-state index contributed by atoms with van der Waals surface area (Å²) in [6.45, 7) is 6.26. The molecule has 2 nitrogen and oxygen atoms in total. The van der Waals surface area contributed by atoms with Crippen molar-refractivity contribution in [2.45, 2.75) is 71.3 Å². The van der Waals surface area contributed by atoms with Crippen LogP contribution in [0.15, 0.2) is 0 Å². The fourth-order valence-corrected chi connectivity index (χ4v) is 1.83. The maximum atomic E-state index is 5.66. The first kappa shape index (κ1) is 15.9. The lowest BCUT2D eigenvalue weighted by atomic mass is 10.1. The van der Waals surface area contributed by atoms with Crippen LogP contribution in [0.3, 0.4) is 0 Å². The summed E-state index contributed by atoms with van der Waals surface area (Å²) in [4.78, 5) is 0. The zero-order chi connectivity index (χ0) is 12.1. The minimum Gasteiger partial charge on any atom is -0.377 e. The van der Waals surface area contributed by atoms with Crippen LogP contribution >= 0.6 is 0 Å². The van der Waals surface area contributed by atoms with Gasteiger partial charge in [-0.15, -0.1) is 0 Å². The van der Waals surface area contributed by atoms with Crippen LogP contribution < -0.4 is 5.32 Å². The standard InChI is InChI=1S/C14H31NO/c1-4-5-6-7-8-9-10-11-14(2)16-13-12-15-3/h14-15H,4-13H2,1-3H3. The predicted octanol–water partition coefficient (Wildman–Crippen LogP) is 3.75. The summed E-state index contributed by atoms with van der Waals surface area (Å²) in [7, 11) is 1.96. The first-order valence-corrected chi connectivity index (χ1v) is 7.07. The molecule has 0 saturated heterocycles. The van der Waals surface area contributed by atoms with Crippen molar-refractivity contribution in [2.75, 3.05) is 20.2 Å². The highest BCUT2D eigenvalue weighted by atomic mass is 16.5. The molecular formula is C14H31NO. The highest BCUT2D eigenvalue weighted by Gasteiger charge is 2.01. The molecule has 0 aromatic rings. The van der Waals surface area contributed by atoms with Gasteiger partial charge in [0.15, 0.2) is 0 Å². The highest BCUT2D eigenvalue weighted by molar-refractivity contribution is 4.53. The molecule has 16 heavy (non-hydrogen) atoms. The van der Waals surface area contributed by atoms with Crippen LogP contribution in [0.5, 0.6) is 0 Å². The van der Waals surface area contributed by atoms with Crippen molar-refractivity contribution in [1.82, 2.24) is 5.32 Å². The molecule has 0 rings (SSSR count). The molecule has 0 aromatic heterocycles. The van der Waals surface area contributed by atoms with Crippen LogP contribution in [0.2, 0.25) is 0 Å². The first-order chi connectivity index (χ1) is 7.81. The Morgan fingerprint density at radius 2 is 1.62 bits per heavy atom. The van der Waals surface area contributed by atoms with Crippen molar-refractivity contribution >= 4 is 0 Å². The van der Waals surface area contributed by atoms with Crippen molar-refractivity contribution < 1.29 is 4.74 Å². The van der Waals surface area contributed by atoms with Crippen molar-refractivity contribution in [3.05, 3.63) is 0 Å². The van der Waals surface area contributed by atoms with Crippen molar-refractivity contribution in [2.24, 2.45) is 0 Å². The van der Waals surface area contributed by atoms with E-state index in [1.807, 2.05) is 7.05 Å². The van der Waals surface area contributed by atoms with Crippen LogP contribution in [0.25, 0.3) is 0 Å². The van der Waals surface area contributed by atoms with Crippen LogP contribution in [-0.4, -0.2) is 26.3 Å². The summed E-state index contributed by atoms with van der Waals surface area (Å²) >= 11 is 0. The average molecular weight is 229 g/mol. The van der Waals surface area contributed by atoms with Crippen LogP contribution in [0.1, 0.15) is 65.2 Å². The Hall–Kier alpha value is -0.0800. The second kappa shape index (κ2) is 13.0. The predicted molar refractivity (Wildman–Crippen MR) is 72.0 cm³/mol. The zero-order valence-corrected chi connectivity index (χ0v) is 11.6. The first-order valence-electron chi connectivity index (χ1n) is 7.07. The molecule has 0 saturated carbocycles. The zero-order valence-electron chi connectivity index (χ0n) is 11.6. The Morgan fingerprint density at radius 3 is 2.25 bits per heavy atom. The largest absolute Gasteiger partial charge is 0.377 e. The topological polar surface area (TPSA) is 21.3 Å². The second-order valence-electron chi connectivity index (χ2n) is 4.69. The third kappa shape index (κ3) is 12.0. The molecule has 2 heteroatoms. The van der Waals surface area contributed by atoms with Crippen LogP contribution in [0.4, 0.5) is 0 Å². The van der Waals surface area contributed by atoms with E-state index in [2.05, 4.69) is 19.2 Å². The molecule has 98 valence electrons. The van der Waals surface area contributed by atoms with E-state index in [1.165, 1.54) is 51.4 Å². The summed E-state index contributed by atoms with van der Waals surface area (Å²) < 4.78 is 5.66. The minimum atomic E-state index is 0.434. The smallest absolute Gasteiger partial charge is 0.0594 e. The lowest BCUT2D eigenvalue weighted by Crippen LogP contribution is -2.18. The third-order valence-electron chi connectivity index (χ3n) is 2.97. The minimum absolute atomic E-state index is 0.434. The lowest BCUT2D eigenvalue weighted by Gasteiger charge is -2.12. The number of ether oxygens (including phenoxy) is 1. The Bertz CT molecular complexity index is 128. The van der Waals surface area contributed by atoms with Gasteiger partial charge in [-0.1, -0.05) is 51.9 Å². The second-order valence-corrected chi connectivity index (χ2v) is 4.69. The van der Waals surface area contributed by atoms with E-state index in [0.29, 0.717) is 6.10 Å². The van der Waals surface area contributed by atoms with E-state index >= 15 is 0 Å². The van der Waals surface area contributed by atoms with Gasteiger partial charge < -0.3 is 10.1 Å². The number of nitrogens with one attached hydrogen (secondary N) is 1. The fourth-order valence-electron chi connectivity index (χ4n) is 1.83. The van der Waals surface area contributed by atoms with Crippen LogP contribution in [-0.2, 0) is 4.74 Å². The average Bonchev–Trinajstić information content (AvgIpc) is 2.28. The number of unbranched alkanes of at least 4 members (excludes halogenated alkanes) is 6. The maximum absolute atomic E-state index is 5.66. The SMILES string of the molecule is CCCCCCCCCC(C)OCCNC. The number of likely N-dealkylation sites (N-methyl/N-ethyl adjacent to an activating group) is 1. The molecule has 0 amide bonds. The van der Waals surface area contributed by atoms with E-state index in [4.69, 9.17) is 4.74 Å². The van der Waals surface area contributed by atoms with E-state index < -0.39 is 0 Å². The third-order valence-corrected chi connectivity index (χ3v) is 2.97. The van der Waals surface area contributed by atoms with Crippen molar-refractivity contribution in [3.8, 4) is 0 Å². The van der Waals surface area contributed by atoms with E-state index in [0.717, 1.165) is 13.2 Å². The van der Waals surface area contributed by atoms with Crippen molar-refractivity contribution in [3.63, 3.8) is 0 Å². The van der Waals surface area contributed by atoms with Gasteiger partial charge in [0.2, 0.25) is 0 Å². The van der Waals surface area contributed by atoms with E-state index in [9.17, 15) is 0 Å². The van der Waals surface area contributed by atoms with E-state index in [1.54, 1.807) is 0 Å². The van der Waals surface area contributed by atoms with Gasteiger partial charge >= 0.3 is 0 Å². The number of hydrogen-bond donors (Lipinski definition) is 1. The summed E-state index contributed by atoms with van der Waals surface area (Å²) in [5, 5.41) is 3.09. The molecule has 0 fully saturated rings. The Morgan fingerprint density at radius 1 is 1.00 bits per heavy atom. The Balaban J connectivity index is 3.06. The van der Waals surface area contributed by atoms with E-state index in [-0.39, 0.29) is 0 Å². The Labute approximate surface area is 102 Å². The lowest BCUT2D eigenvalue weighted by molar-refractivity contribution is 0.0612. The van der Waals surface area contributed by atoms with Gasteiger partial charge in [-0.3, -0.25) is 0 Å². The number of hydrogen-bond acceptors (Lipinski definition) is 2. The Kier molecular flexibility index (Phi) is 12.9. The summed E-state index contributed by atoms with van der Waals surface area (Å²) in [5.74, 6) is 0. The molecule has 0 aliphatic heterocycles. The number of rotatable bonds is 12. The molecule has 1 atom stereocenters. The van der Waals surface area contributed by atoms with Gasteiger partial charge in [-0.05, 0) is 20.4 Å². The van der Waals surface area contributed by atoms with Gasteiger partial charge in [-0.25, -0.2) is 0 Å². The maximum Gasteiger partial charge on any atom is 0.0594 e. The molecule has 0 aliphatic rings. The van der Waals surface area contributed by atoms with Gasteiger partial charge in [0, 0.05) is 6.54 Å². The molecular weight excluding hydrogens is 198 g/mol. The molecule has 0 bridgehead atoms. The molecule has 1 N–H and O–H groups in total. The molecule has 1 unspecified atom stereocenters. The monoisotopic (exact) mass is 229 g/mol. The summed E-state index contributed by atoms with van der Waals surface area (Å²) in [5.41, 5.74) is 0. The quantitative estimate of drug-likeness (QED) is 0.515. The van der Waals surface area contributed by atoms with Gasteiger partial charge in [-0.2, -0.15) is 0 Å². The van der Waals surface area contributed by atoms with Gasteiger partial charge in [0.05, 0.1) is 12.7 Å². The highest BCUT2D eigenvalue weighted by Crippen LogP contribution is 2.10.